The molecule has 6 nitrogen and oxygen atoms in total. The van der Waals surface area contributed by atoms with E-state index in [0.717, 1.165) is 28.0 Å². The van der Waals surface area contributed by atoms with Crippen molar-refractivity contribution >= 4 is 50.9 Å². The first-order valence-electron chi connectivity index (χ1n) is 8.63. The van der Waals surface area contributed by atoms with Gasteiger partial charge in [0.2, 0.25) is 5.71 Å². The van der Waals surface area contributed by atoms with E-state index in [1.165, 1.54) is 0 Å². The van der Waals surface area contributed by atoms with E-state index in [4.69, 9.17) is 16.0 Å². The summed E-state index contributed by atoms with van der Waals surface area (Å²) in [5.41, 5.74) is 3.33. The van der Waals surface area contributed by atoms with Gasteiger partial charge in [0.15, 0.2) is 5.76 Å². The molecule has 3 aromatic heterocycles. The monoisotopic (exact) mass is 426 g/mol. The number of thiophene rings is 1. The van der Waals surface area contributed by atoms with Gasteiger partial charge in [-0.25, -0.2) is 9.78 Å². The number of carboxylic acid groups (broad SMARTS) is 1. The molecule has 0 atom stereocenters. The zero-order chi connectivity index (χ0) is 20.7. The number of furan rings is 1. The minimum atomic E-state index is -1.13. The van der Waals surface area contributed by atoms with Gasteiger partial charge in [0, 0.05) is 27.0 Å². The third-order valence-electron chi connectivity index (χ3n) is 4.45. The van der Waals surface area contributed by atoms with Crippen LogP contribution in [0.5, 0.6) is 0 Å². The summed E-state index contributed by atoms with van der Waals surface area (Å²) in [5, 5.41) is 15.6. The highest BCUT2D eigenvalue weighted by atomic mass is 35.5. The molecule has 8 heteroatoms. The van der Waals surface area contributed by atoms with E-state index >= 15 is 0 Å². The molecule has 0 unspecified atom stereocenters. The second-order valence-electron chi connectivity index (χ2n) is 6.53. The SMILES string of the molecule is Cc1cc(C)c2cc(C(=O)Nc3scc(-c4ccc(Cl)cc4)c3C(=O)O)oc2n1. The summed E-state index contributed by atoms with van der Waals surface area (Å²) < 4.78 is 5.59. The van der Waals surface area contributed by atoms with Crippen LogP contribution in [0.4, 0.5) is 5.00 Å². The Hall–Kier alpha value is -3.16. The highest BCUT2D eigenvalue weighted by molar-refractivity contribution is 7.15. The highest BCUT2D eigenvalue weighted by Crippen LogP contribution is 2.36. The lowest BCUT2D eigenvalue weighted by molar-refractivity contribution is 0.0699. The number of nitrogens with zero attached hydrogens (tertiary/aromatic N) is 1. The average molecular weight is 427 g/mol. The quantitative estimate of drug-likeness (QED) is 0.431. The Morgan fingerprint density at radius 1 is 1.17 bits per heavy atom. The normalized spacial score (nSPS) is 11.0. The number of halogens is 1. The lowest BCUT2D eigenvalue weighted by Crippen LogP contribution is -2.12. The fourth-order valence-electron chi connectivity index (χ4n) is 3.11. The number of fused-ring (bicyclic) bond motifs is 1. The van der Waals surface area contributed by atoms with E-state index in [1.54, 1.807) is 35.7 Å². The molecule has 0 fully saturated rings. The Kier molecular flexibility index (Phi) is 4.86. The zero-order valence-electron chi connectivity index (χ0n) is 15.4. The number of pyridine rings is 1. The van der Waals surface area contributed by atoms with Gasteiger partial charge in [-0.3, -0.25) is 4.79 Å². The molecule has 0 aliphatic heterocycles. The molecule has 4 rings (SSSR count). The Bertz CT molecular complexity index is 1260. The van der Waals surface area contributed by atoms with Gasteiger partial charge in [0.25, 0.3) is 5.91 Å². The summed E-state index contributed by atoms with van der Waals surface area (Å²) in [4.78, 5) is 28.9. The number of hydrogen-bond donors (Lipinski definition) is 2. The largest absolute Gasteiger partial charge is 0.478 e. The average Bonchev–Trinajstić information content (AvgIpc) is 3.27. The summed E-state index contributed by atoms with van der Waals surface area (Å²) in [6.45, 7) is 3.76. The number of aryl methyl sites for hydroxylation is 2. The van der Waals surface area contributed by atoms with Crippen LogP contribution in [0.3, 0.4) is 0 Å². The van der Waals surface area contributed by atoms with Gasteiger partial charge in [-0.2, -0.15) is 0 Å². The third-order valence-corrected chi connectivity index (χ3v) is 5.60. The summed E-state index contributed by atoms with van der Waals surface area (Å²) in [5.74, 6) is -1.60. The van der Waals surface area contributed by atoms with Crippen LogP contribution in [0.1, 0.15) is 32.2 Å². The summed E-state index contributed by atoms with van der Waals surface area (Å²) in [6, 6.07) is 10.4. The Balaban J connectivity index is 1.69. The Morgan fingerprint density at radius 3 is 2.59 bits per heavy atom. The molecule has 1 aromatic carbocycles. The van der Waals surface area contributed by atoms with Crippen molar-refractivity contribution in [2.75, 3.05) is 5.32 Å². The molecular formula is C21H15ClN2O4S. The van der Waals surface area contributed by atoms with Gasteiger partial charge in [-0.1, -0.05) is 23.7 Å². The highest BCUT2D eigenvalue weighted by Gasteiger charge is 2.23. The van der Waals surface area contributed by atoms with E-state index < -0.39 is 11.9 Å². The molecule has 0 aliphatic carbocycles. The van der Waals surface area contributed by atoms with Gasteiger partial charge in [-0.05, 0) is 49.2 Å². The molecule has 0 radical (unpaired) electrons. The Morgan fingerprint density at radius 2 is 1.90 bits per heavy atom. The summed E-state index contributed by atoms with van der Waals surface area (Å²) in [7, 11) is 0. The number of aromatic nitrogens is 1. The molecule has 0 spiro atoms. The predicted octanol–water partition coefficient (Wildman–Crippen LogP) is 5.78. The maximum Gasteiger partial charge on any atom is 0.339 e. The number of benzene rings is 1. The number of anilines is 1. The zero-order valence-corrected chi connectivity index (χ0v) is 17.0. The van der Waals surface area contributed by atoms with Crippen molar-refractivity contribution < 1.29 is 19.1 Å². The number of aromatic carboxylic acids is 1. The molecule has 2 N–H and O–H groups in total. The number of nitrogens with one attached hydrogen (secondary N) is 1. The topological polar surface area (TPSA) is 92.4 Å². The van der Waals surface area contributed by atoms with Crippen molar-refractivity contribution in [3.05, 3.63) is 69.4 Å². The van der Waals surface area contributed by atoms with Crippen LogP contribution >= 0.6 is 22.9 Å². The smallest absolute Gasteiger partial charge is 0.339 e. The van der Waals surface area contributed by atoms with Crippen LogP contribution < -0.4 is 5.32 Å². The summed E-state index contributed by atoms with van der Waals surface area (Å²) in [6.07, 6.45) is 0. The first-order valence-corrected chi connectivity index (χ1v) is 9.89. The van der Waals surface area contributed by atoms with Crippen molar-refractivity contribution in [3.8, 4) is 11.1 Å². The fourth-order valence-corrected chi connectivity index (χ4v) is 4.19. The van der Waals surface area contributed by atoms with E-state index in [-0.39, 0.29) is 16.3 Å². The lowest BCUT2D eigenvalue weighted by Gasteiger charge is -2.05. The maximum atomic E-state index is 12.7. The Labute approximate surface area is 174 Å². The molecule has 29 heavy (non-hydrogen) atoms. The molecule has 0 saturated heterocycles. The standard InChI is InChI=1S/C21H15ClN2O4S/c1-10-7-11(2)23-19-14(10)8-16(28-19)18(25)24-20-17(21(26)27)15(9-29-20)12-3-5-13(22)6-4-12/h3-9H,1-2H3,(H,24,25)(H,26,27). The lowest BCUT2D eigenvalue weighted by atomic mass is 10.0. The van der Waals surface area contributed by atoms with Crippen LogP contribution in [0, 0.1) is 13.8 Å². The third kappa shape index (κ3) is 3.62. The van der Waals surface area contributed by atoms with E-state index in [1.807, 2.05) is 19.9 Å². The molecule has 0 bridgehead atoms. The van der Waals surface area contributed by atoms with Gasteiger partial charge < -0.3 is 14.8 Å². The van der Waals surface area contributed by atoms with E-state index in [9.17, 15) is 14.7 Å². The number of carboxylic acids is 1. The molecule has 0 aliphatic rings. The second kappa shape index (κ2) is 7.35. The van der Waals surface area contributed by atoms with Crippen molar-refractivity contribution in [1.82, 2.24) is 4.98 Å². The van der Waals surface area contributed by atoms with E-state index in [0.29, 0.717) is 21.9 Å². The van der Waals surface area contributed by atoms with Crippen molar-refractivity contribution in [1.29, 1.82) is 0 Å². The predicted molar refractivity (Wildman–Crippen MR) is 113 cm³/mol. The van der Waals surface area contributed by atoms with Crippen LogP contribution in [0.2, 0.25) is 5.02 Å². The minimum Gasteiger partial charge on any atom is -0.478 e. The summed E-state index contributed by atoms with van der Waals surface area (Å²) >= 11 is 7.05. The number of hydrogen-bond acceptors (Lipinski definition) is 5. The van der Waals surface area contributed by atoms with Crippen LogP contribution in [0.15, 0.2) is 46.2 Å². The van der Waals surface area contributed by atoms with Crippen molar-refractivity contribution in [3.63, 3.8) is 0 Å². The molecule has 0 saturated carbocycles. The van der Waals surface area contributed by atoms with Crippen molar-refractivity contribution in [2.24, 2.45) is 0 Å². The van der Waals surface area contributed by atoms with Crippen molar-refractivity contribution in [2.45, 2.75) is 13.8 Å². The first-order chi connectivity index (χ1) is 13.8. The number of carbonyl (C=O) groups is 2. The maximum absolute atomic E-state index is 12.7. The molecule has 3 heterocycles. The fraction of sp³-hybridized carbons (Fsp3) is 0.0952. The molecule has 4 aromatic rings. The van der Waals surface area contributed by atoms with Gasteiger partial charge >= 0.3 is 5.97 Å². The number of rotatable bonds is 4. The first kappa shape index (κ1) is 19.2. The van der Waals surface area contributed by atoms with Gasteiger partial charge in [0.1, 0.15) is 10.6 Å². The number of amides is 1. The van der Waals surface area contributed by atoms with Gasteiger partial charge in [0.05, 0.1) is 0 Å². The molecular weight excluding hydrogens is 412 g/mol. The number of carbonyl (C=O) groups excluding carboxylic acids is 1. The molecule has 1 amide bonds. The van der Waals surface area contributed by atoms with Gasteiger partial charge in [-0.15, -0.1) is 11.3 Å². The minimum absolute atomic E-state index is 0.0203. The van der Waals surface area contributed by atoms with Crippen LogP contribution in [0.25, 0.3) is 22.2 Å². The van der Waals surface area contributed by atoms with Crippen LogP contribution in [-0.4, -0.2) is 22.0 Å². The second-order valence-corrected chi connectivity index (χ2v) is 7.85. The van der Waals surface area contributed by atoms with E-state index in [2.05, 4.69) is 10.3 Å². The van der Waals surface area contributed by atoms with Crippen LogP contribution in [-0.2, 0) is 0 Å². The molecule has 146 valence electrons.